The minimum Gasteiger partial charge on any atom is -0.338 e. The van der Waals surface area contributed by atoms with Gasteiger partial charge < -0.3 is 10.3 Å². The van der Waals surface area contributed by atoms with Crippen molar-refractivity contribution < 1.29 is 13.2 Å². The molecule has 0 saturated heterocycles. The lowest BCUT2D eigenvalue weighted by molar-refractivity contribution is -0.141. The molecule has 0 radical (unpaired) electrons. The first kappa shape index (κ1) is 18.3. The average molecular weight is 411 g/mol. The summed E-state index contributed by atoms with van der Waals surface area (Å²) in [6.07, 6.45) is 0.297. The van der Waals surface area contributed by atoms with Gasteiger partial charge in [-0.2, -0.15) is 18.3 Å². The van der Waals surface area contributed by atoms with Gasteiger partial charge in [-0.1, -0.05) is 0 Å². The molecule has 0 spiro atoms. The van der Waals surface area contributed by atoms with Gasteiger partial charge in [-0.3, -0.25) is 9.67 Å². The van der Waals surface area contributed by atoms with Crippen LogP contribution in [0.5, 0.6) is 0 Å². The van der Waals surface area contributed by atoms with Crippen molar-refractivity contribution in [2.24, 2.45) is 0 Å². The van der Waals surface area contributed by atoms with Gasteiger partial charge in [-0.25, -0.2) is 9.97 Å². The fourth-order valence-corrected chi connectivity index (χ4v) is 3.75. The van der Waals surface area contributed by atoms with Gasteiger partial charge in [-0.15, -0.1) is 0 Å². The Labute approximate surface area is 169 Å². The molecule has 0 bridgehead atoms. The summed E-state index contributed by atoms with van der Waals surface area (Å²) in [6, 6.07) is 5.36. The molecule has 0 saturated carbocycles. The highest BCUT2D eigenvalue weighted by molar-refractivity contribution is 5.95. The molecule has 0 unspecified atom stereocenters. The number of nitrogens with zero attached hydrogens (tertiary/aromatic N) is 5. The van der Waals surface area contributed by atoms with Crippen molar-refractivity contribution in [1.82, 2.24) is 29.7 Å². The van der Waals surface area contributed by atoms with Crippen LogP contribution in [0.1, 0.15) is 18.3 Å². The molecule has 10 heteroatoms. The van der Waals surface area contributed by atoms with Gasteiger partial charge in [0.25, 0.3) is 0 Å². The summed E-state index contributed by atoms with van der Waals surface area (Å²) < 4.78 is 42.6. The zero-order chi connectivity index (χ0) is 21.0. The Morgan fingerprint density at radius 2 is 1.97 bits per heavy atom. The molecule has 0 aromatic carbocycles. The van der Waals surface area contributed by atoms with Gasteiger partial charge in [0, 0.05) is 35.8 Å². The van der Waals surface area contributed by atoms with Crippen LogP contribution in [0.15, 0.2) is 36.8 Å². The van der Waals surface area contributed by atoms with Crippen LogP contribution in [-0.2, 0) is 12.7 Å². The van der Waals surface area contributed by atoms with Crippen molar-refractivity contribution in [1.29, 1.82) is 0 Å². The summed E-state index contributed by atoms with van der Waals surface area (Å²) in [5.74, 6) is 0.671. The second-order valence-electron chi connectivity index (χ2n) is 6.88. The van der Waals surface area contributed by atoms with E-state index in [9.17, 15) is 13.2 Å². The predicted octanol–water partition coefficient (Wildman–Crippen LogP) is 4.80. The number of aryl methyl sites for hydroxylation is 1. The highest BCUT2D eigenvalue weighted by Crippen LogP contribution is 2.44. The van der Waals surface area contributed by atoms with E-state index in [-0.39, 0.29) is 11.4 Å². The number of fused-ring (bicyclic) bond motifs is 5. The van der Waals surface area contributed by atoms with Gasteiger partial charge in [0.1, 0.15) is 17.3 Å². The molecule has 0 atom stereocenters. The number of pyridine rings is 2. The molecule has 0 fully saturated rings. The van der Waals surface area contributed by atoms with E-state index in [1.54, 1.807) is 44.6 Å². The van der Waals surface area contributed by atoms with Crippen LogP contribution < -0.4 is 5.32 Å². The van der Waals surface area contributed by atoms with Crippen LogP contribution >= 0.6 is 0 Å². The molecule has 4 aromatic heterocycles. The minimum atomic E-state index is -4.60. The quantitative estimate of drug-likeness (QED) is 0.436. The molecule has 0 amide bonds. The third-order valence-corrected chi connectivity index (χ3v) is 5.12. The van der Waals surface area contributed by atoms with Crippen molar-refractivity contribution >= 4 is 11.5 Å². The van der Waals surface area contributed by atoms with E-state index in [1.807, 2.05) is 6.07 Å². The second-order valence-corrected chi connectivity index (χ2v) is 6.88. The molecule has 4 aromatic rings. The van der Waals surface area contributed by atoms with Gasteiger partial charge in [0.2, 0.25) is 0 Å². The maximum Gasteiger partial charge on any atom is 0.435 e. The summed E-state index contributed by atoms with van der Waals surface area (Å²) in [5.41, 5.74) is 2.61. The van der Waals surface area contributed by atoms with E-state index >= 15 is 0 Å². The van der Waals surface area contributed by atoms with Crippen molar-refractivity contribution in [2.45, 2.75) is 26.6 Å². The number of imidazole rings is 1. The molecule has 1 aliphatic rings. The molecular weight excluding hydrogens is 395 g/mol. The number of aromatic amines is 1. The Kier molecular flexibility index (Phi) is 3.92. The van der Waals surface area contributed by atoms with Crippen LogP contribution in [0.25, 0.3) is 33.9 Å². The summed E-state index contributed by atoms with van der Waals surface area (Å²) in [7, 11) is 0. The normalized spacial score (nSPS) is 12.6. The minimum absolute atomic E-state index is 0.0496. The first-order chi connectivity index (χ1) is 14.4. The van der Waals surface area contributed by atoms with E-state index in [0.717, 1.165) is 5.56 Å². The standard InChI is InChI=1S/C20H16F3N7/c1-3-30-10(2)14(17(29-30)20(21,22)23)19-27-15-11-6-8-24-9-13(11)26-18-12(16(15)28-19)5-4-7-25-18/h4-9H,3H2,1-2H3,(H,25,26)(H,27,28). The van der Waals surface area contributed by atoms with E-state index in [1.165, 1.54) is 4.68 Å². The number of H-pyrrole nitrogens is 1. The Morgan fingerprint density at radius 1 is 1.13 bits per heavy atom. The predicted molar refractivity (Wildman–Crippen MR) is 105 cm³/mol. The maximum atomic E-state index is 13.7. The third kappa shape index (κ3) is 2.67. The van der Waals surface area contributed by atoms with Gasteiger partial charge in [0.15, 0.2) is 5.69 Å². The maximum absolute atomic E-state index is 13.7. The van der Waals surface area contributed by atoms with E-state index < -0.39 is 11.9 Å². The highest BCUT2D eigenvalue weighted by atomic mass is 19.4. The SMILES string of the molecule is CCn1nc(C(F)(F)F)c(-c2nc3c([nH]2)-c2ccncc2Nc2ncccc2-3)c1C. The van der Waals surface area contributed by atoms with Crippen LogP contribution in [0.2, 0.25) is 0 Å². The number of nitrogens with one attached hydrogen (secondary N) is 2. The van der Waals surface area contributed by atoms with E-state index in [4.69, 9.17) is 0 Å². The summed E-state index contributed by atoms with van der Waals surface area (Å²) in [6.45, 7) is 3.68. The topological polar surface area (TPSA) is 84.3 Å². The molecule has 0 aliphatic carbocycles. The van der Waals surface area contributed by atoms with Crippen LogP contribution in [0.4, 0.5) is 24.7 Å². The lowest BCUT2D eigenvalue weighted by atomic mass is 10.1. The van der Waals surface area contributed by atoms with E-state index in [2.05, 4.69) is 30.4 Å². The Hall–Kier alpha value is -3.69. The average Bonchev–Trinajstić information content (AvgIpc) is 3.26. The monoisotopic (exact) mass is 411 g/mol. The number of alkyl halides is 3. The molecule has 1 aliphatic heterocycles. The second kappa shape index (κ2) is 6.41. The van der Waals surface area contributed by atoms with Gasteiger partial charge >= 0.3 is 6.18 Å². The Morgan fingerprint density at radius 3 is 2.73 bits per heavy atom. The fraction of sp³-hybridized carbons (Fsp3) is 0.200. The summed E-state index contributed by atoms with van der Waals surface area (Å²) in [5, 5.41) is 7.01. The molecular formula is C20H16F3N7. The van der Waals surface area contributed by atoms with Crippen LogP contribution in [0.3, 0.4) is 0 Å². The molecule has 2 N–H and O–H groups in total. The lowest BCUT2D eigenvalue weighted by Crippen LogP contribution is -2.09. The molecule has 152 valence electrons. The zero-order valence-electron chi connectivity index (χ0n) is 16.0. The van der Waals surface area contributed by atoms with Crippen LogP contribution in [-0.4, -0.2) is 29.7 Å². The van der Waals surface area contributed by atoms with Gasteiger partial charge in [-0.05, 0) is 32.0 Å². The smallest absolute Gasteiger partial charge is 0.338 e. The summed E-state index contributed by atoms with van der Waals surface area (Å²) >= 11 is 0. The fourth-order valence-electron chi connectivity index (χ4n) is 3.75. The number of rotatable bonds is 2. The molecule has 30 heavy (non-hydrogen) atoms. The highest BCUT2D eigenvalue weighted by Gasteiger charge is 2.40. The Bertz CT molecular complexity index is 1210. The van der Waals surface area contributed by atoms with Crippen molar-refractivity contribution in [3.8, 4) is 33.9 Å². The summed E-state index contributed by atoms with van der Waals surface area (Å²) in [4.78, 5) is 16.2. The number of hydrogen-bond donors (Lipinski definition) is 2. The van der Waals surface area contributed by atoms with E-state index in [0.29, 0.717) is 40.7 Å². The lowest BCUT2D eigenvalue weighted by Gasteiger charge is -2.08. The molecule has 5 heterocycles. The third-order valence-electron chi connectivity index (χ3n) is 5.12. The first-order valence-electron chi connectivity index (χ1n) is 9.30. The number of hydrogen-bond acceptors (Lipinski definition) is 5. The molecule has 7 nitrogen and oxygen atoms in total. The van der Waals surface area contributed by atoms with Crippen LogP contribution in [0, 0.1) is 6.92 Å². The molecule has 5 rings (SSSR count). The Balaban J connectivity index is 1.81. The largest absolute Gasteiger partial charge is 0.435 e. The first-order valence-corrected chi connectivity index (χ1v) is 9.30. The number of anilines is 2. The van der Waals surface area contributed by atoms with Crippen molar-refractivity contribution in [2.75, 3.05) is 5.32 Å². The zero-order valence-corrected chi connectivity index (χ0v) is 16.0. The van der Waals surface area contributed by atoms with Crippen molar-refractivity contribution in [3.63, 3.8) is 0 Å². The van der Waals surface area contributed by atoms with Crippen molar-refractivity contribution in [3.05, 3.63) is 48.2 Å². The number of aromatic nitrogens is 6. The van der Waals surface area contributed by atoms with Gasteiger partial charge in [0.05, 0.1) is 23.1 Å². The number of halogens is 3.